The van der Waals surface area contributed by atoms with Gasteiger partial charge in [0.1, 0.15) is 6.61 Å². The number of benzene rings is 2. The Morgan fingerprint density at radius 3 is 2.39 bits per heavy atom. The zero-order valence-corrected chi connectivity index (χ0v) is 18.2. The second-order valence-corrected chi connectivity index (χ2v) is 8.76. The number of carbonyl (C=O) groups excluding carboxylic acids is 2. The maximum Gasteiger partial charge on any atom is 0.418 e. The third-order valence-corrected chi connectivity index (χ3v) is 6.88. The van der Waals surface area contributed by atoms with E-state index in [1.54, 1.807) is 0 Å². The van der Waals surface area contributed by atoms with E-state index in [0.29, 0.717) is 12.3 Å². The van der Waals surface area contributed by atoms with Crippen LogP contribution < -0.4 is 5.32 Å². The molecule has 33 heavy (non-hydrogen) atoms. The number of amides is 2. The van der Waals surface area contributed by atoms with Crippen LogP contribution in [0.25, 0.3) is 0 Å². The normalized spacial score (nSPS) is 23.1. The lowest BCUT2D eigenvalue weighted by molar-refractivity contribution is -0.137. The Kier molecular flexibility index (Phi) is 6.63. The summed E-state index contributed by atoms with van der Waals surface area (Å²) in [6.45, 7) is 0.165. The van der Waals surface area contributed by atoms with Crippen molar-refractivity contribution in [2.45, 2.75) is 56.2 Å². The van der Waals surface area contributed by atoms with Gasteiger partial charge in [0.25, 0.3) is 0 Å². The number of halogens is 3. The summed E-state index contributed by atoms with van der Waals surface area (Å²) >= 11 is 0. The molecular formula is C25H27F3N2O3. The predicted octanol–water partition coefficient (Wildman–Crippen LogP) is 5.97. The molecule has 2 fully saturated rings. The van der Waals surface area contributed by atoms with Crippen molar-refractivity contribution in [3.8, 4) is 0 Å². The fraction of sp³-hybridized carbons (Fsp3) is 0.440. The summed E-state index contributed by atoms with van der Waals surface area (Å²) in [4.78, 5) is 26.5. The van der Waals surface area contributed by atoms with E-state index in [0.717, 1.165) is 38.2 Å². The molecule has 1 heterocycles. The highest BCUT2D eigenvalue weighted by Crippen LogP contribution is 2.46. The quantitative estimate of drug-likeness (QED) is 0.598. The first-order chi connectivity index (χ1) is 15.8. The number of para-hydroxylation sites is 1. The van der Waals surface area contributed by atoms with E-state index in [1.165, 1.54) is 23.8 Å². The van der Waals surface area contributed by atoms with Gasteiger partial charge in [-0.3, -0.25) is 10.1 Å². The highest BCUT2D eigenvalue weighted by molar-refractivity contribution is 5.86. The van der Waals surface area contributed by atoms with Gasteiger partial charge in [0.15, 0.2) is 0 Å². The van der Waals surface area contributed by atoms with Gasteiger partial charge in [-0.05, 0) is 55.7 Å². The molecule has 1 saturated heterocycles. The van der Waals surface area contributed by atoms with Gasteiger partial charge in [0.05, 0.1) is 17.8 Å². The van der Waals surface area contributed by atoms with Crippen LogP contribution in [0.4, 0.5) is 23.7 Å². The average molecular weight is 460 g/mol. The van der Waals surface area contributed by atoms with Gasteiger partial charge in [0.2, 0.25) is 5.91 Å². The van der Waals surface area contributed by atoms with Crippen LogP contribution in [0.5, 0.6) is 0 Å². The number of nitrogens with zero attached hydrogens (tertiary/aromatic N) is 1. The summed E-state index contributed by atoms with van der Waals surface area (Å²) in [6.07, 6.45) is -0.531. The summed E-state index contributed by atoms with van der Waals surface area (Å²) in [5, 5.41) is 2.16. The first-order valence-electron chi connectivity index (χ1n) is 11.2. The number of rotatable bonds is 5. The van der Waals surface area contributed by atoms with E-state index in [9.17, 15) is 22.8 Å². The van der Waals surface area contributed by atoms with E-state index >= 15 is 0 Å². The molecule has 176 valence electrons. The summed E-state index contributed by atoms with van der Waals surface area (Å²) in [7, 11) is 0. The lowest BCUT2D eigenvalue weighted by Crippen LogP contribution is -2.49. The highest BCUT2D eigenvalue weighted by Gasteiger charge is 2.47. The molecule has 0 radical (unpaired) electrons. The summed E-state index contributed by atoms with van der Waals surface area (Å²) in [5.74, 6) is 0.518. The van der Waals surface area contributed by atoms with E-state index in [2.05, 4.69) is 17.4 Å². The molecule has 1 N–H and O–H groups in total. The molecule has 4 rings (SSSR count). The molecule has 1 aliphatic carbocycles. The smallest absolute Gasteiger partial charge is 0.418 e. The van der Waals surface area contributed by atoms with E-state index < -0.39 is 17.8 Å². The lowest BCUT2D eigenvalue weighted by Gasteiger charge is -2.44. The SMILES string of the molecule is O=C(Nc1ccccc1C(F)(F)F)OCCN1C(=O)CCC12CCC(c1ccccc1)CC2. The van der Waals surface area contributed by atoms with Crippen molar-refractivity contribution < 1.29 is 27.5 Å². The van der Waals surface area contributed by atoms with Crippen LogP contribution in [-0.2, 0) is 15.7 Å². The van der Waals surface area contributed by atoms with Crippen molar-refractivity contribution in [1.29, 1.82) is 0 Å². The number of hydrogen-bond donors (Lipinski definition) is 1. The van der Waals surface area contributed by atoms with E-state index in [1.807, 2.05) is 23.1 Å². The molecule has 0 aromatic heterocycles. The van der Waals surface area contributed by atoms with Gasteiger partial charge < -0.3 is 9.64 Å². The standard InChI is InChI=1S/C25H27F3N2O3/c26-25(27,28)20-8-4-5-9-21(20)29-23(32)33-17-16-30-22(31)12-15-24(30)13-10-19(11-14-24)18-6-2-1-3-7-18/h1-9,19H,10-17H2,(H,29,32). The Balaban J connectivity index is 1.32. The van der Waals surface area contributed by atoms with E-state index in [4.69, 9.17) is 4.74 Å². The zero-order valence-electron chi connectivity index (χ0n) is 18.2. The molecule has 1 spiro atoms. The molecule has 5 nitrogen and oxygen atoms in total. The van der Waals surface area contributed by atoms with Crippen molar-refractivity contribution in [3.63, 3.8) is 0 Å². The van der Waals surface area contributed by atoms with Crippen molar-refractivity contribution in [3.05, 3.63) is 65.7 Å². The van der Waals surface area contributed by atoms with Crippen LogP contribution in [-0.4, -0.2) is 35.6 Å². The monoisotopic (exact) mass is 460 g/mol. The molecule has 1 aliphatic heterocycles. The minimum atomic E-state index is -4.59. The lowest BCUT2D eigenvalue weighted by atomic mass is 9.73. The number of carbonyl (C=O) groups is 2. The van der Waals surface area contributed by atoms with Gasteiger partial charge >= 0.3 is 12.3 Å². The number of likely N-dealkylation sites (tertiary alicyclic amines) is 1. The fourth-order valence-electron chi connectivity index (χ4n) is 5.18. The fourth-order valence-corrected chi connectivity index (χ4v) is 5.18. The highest BCUT2D eigenvalue weighted by atomic mass is 19.4. The molecule has 2 aliphatic rings. The van der Waals surface area contributed by atoms with E-state index in [-0.39, 0.29) is 30.3 Å². The number of alkyl halides is 3. The third-order valence-electron chi connectivity index (χ3n) is 6.88. The summed E-state index contributed by atoms with van der Waals surface area (Å²) < 4.78 is 44.4. The number of anilines is 1. The molecule has 2 amide bonds. The van der Waals surface area contributed by atoms with Crippen molar-refractivity contribution in [1.82, 2.24) is 4.90 Å². The van der Waals surface area contributed by atoms with Crippen molar-refractivity contribution >= 4 is 17.7 Å². The Morgan fingerprint density at radius 2 is 1.70 bits per heavy atom. The number of ether oxygens (including phenoxy) is 1. The van der Waals surface area contributed by atoms with Gasteiger partial charge in [-0.1, -0.05) is 42.5 Å². The average Bonchev–Trinajstić information content (AvgIpc) is 3.09. The van der Waals surface area contributed by atoms with Crippen LogP contribution in [0.3, 0.4) is 0 Å². The number of nitrogens with one attached hydrogen (secondary N) is 1. The molecular weight excluding hydrogens is 433 g/mol. The first kappa shape index (κ1) is 23.1. The van der Waals surface area contributed by atoms with Gasteiger partial charge in [-0.25, -0.2) is 4.79 Å². The Morgan fingerprint density at radius 1 is 1.03 bits per heavy atom. The van der Waals surface area contributed by atoms with Gasteiger partial charge in [-0.15, -0.1) is 0 Å². The van der Waals surface area contributed by atoms with Gasteiger partial charge in [-0.2, -0.15) is 13.2 Å². The zero-order chi connectivity index (χ0) is 23.5. The Labute approximate surface area is 190 Å². The molecule has 8 heteroatoms. The second-order valence-electron chi connectivity index (χ2n) is 8.76. The van der Waals surface area contributed by atoms with Crippen LogP contribution >= 0.6 is 0 Å². The second kappa shape index (κ2) is 9.45. The Hall–Kier alpha value is -3.03. The maximum atomic E-state index is 13.1. The van der Waals surface area contributed by atoms with Crippen LogP contribution in [0, 0.1) is 0 Å². The molecule has 1 saturated carbocycles. The maximum absolute atomic E-state index is 13.1. The molecule has 0 bridgehead atoms. The number of hydrogen-bond acceptors (Lipinski definition) is 3. The summed E-state index contributed by atoms with van der Waals surface area (Å²) in [6, 6.07) is 15.1. The Bertz CT molecular complexity index is 986. The molecule has 0 atom stereocenters. The topological polar surface area (TPSA) is 58.6 Å². The first-order valence-corrected chi connectivity index (χ1v) is 11.2. The van der Waals surface area contributed by atoms with Crippen LogP contribution in [0.2, 0.25) is 0 Å². The minimum absolute atomic E-state index is 0.0413. The third kappa shape index (κ3) is 5.15. The molecule has 0 unspecified atom stereocenters. The summed E-state index contributed by atoms with van der Waals surface area (Å²) in [5.41, 5.74) is -0.193. The van der Waals surface area contributed by atoms with Crippen molar-refractivity contribution in [2.75, 3.05) is 18.5 Å². The molecule has 2 aromatic carbocycles. The van der Waals surface area contributed by atoms with Crippen molar-refractivity contribution in [2.24, 2.45) is 0 Å². The van der Waals surface area contributed by atoms with Crippen LogP contribution in [0.1, 0.15) is 55.6 Å². The van der Waals surface area contributed by atoms with Gasteiger partial charge in [0, 0.05) is 12.0 Å². The molecule has 2 aromatic rings. The van der Waals surface area contributed by atoms with Crippen LogP contribution in [0.15, 0.2) is 54.6 Å². The largest absolute Gasteiger partial charge is 0.447 e. The predicted molar refractivity (Wildman–Crippen MR) is 118 cm³/mol. The minimum Gasteiger partial charge on any atom is -0.447 e.